The molecule has 10 heteroatoms. The van der Waals surface area contributed by atoms with E-state index in [-0.39, 0.29) is 26.2 Å². The summed E-state index contributed by atoms with van der Waals surface area (Å²) in [5.41, 5.74) is 1.99. The molecule has 2 rings (SSSR count). The second-order valence-electron chi connectivity index (χ2n) is 6.20. The standard InChI is InChI=1S/C16H17F7N2O/c1-11-2-4-12(5-3-11)10-24-6-8-25(9-7-24)13(26)14(17,18)15(19,20)16(21,22)23/h2-5H,6-10H2,1H3. The van der Waals surface area contributed by atoms with Gasteiger partial charge < -0.3 is 4.90 Å². The van der Waals surface area contributed by atoms with Crippen LogP contribution in [0.25, 0.3) is 0 Å². The average molecular weight is 386 g/mol. The van der Waals surface area contributed by atoms with Crippen LogP contribution in [0, 0.1) is 6.92 Å². The van der Waals surface area contributed by atoms with Gasteiger partial charge in [0, 0.05) is 32.7 Å². The fraction of sp³-hybridized carbons (Fsp3) is 0.562. The number of hydrogen-bond acceptors (Lipinski definition) is 2. The highest BCUT2D eigenvalue weighted by molar-refractivity contribution is 5.85. The molecular weight excluding hydrogens is 369 g/mol. The normalized spacial score (nSPS) is 17.5. The highest BCUT2D eigenvalue weighted by Gasteiger charge is 2.76. The lowest BCUT2D eigenvalue weighted by Gasteiger charge is -2.37. The molecule has 0 spiro atoms. The largest absolute Gasteiger partial charge is 0.460 e. The number of piperazine rings is 1. The summed E-state index contributed by atoms with van der Waals surface area (Å²) in [4.78, 5) is 13.7. The fourth-order valence-electron chi connectivity index (χ4n) is 2.57. The molecule has 1 aromatic carbocycles. The van der Waals surface area contributed by atoms with Gasteiger partial charge in [-0.2, -0.15) is 30.7 Å². The first-order valence-electron chi connectivity index (χ1n) is 7.76. The van der Waals surface area contributed by atoms with E-state index in [1.807, 2.05) is 31.2 Å². The third-order valence-corrected chi connectivity index (χ3v) is 4.21. The van der Waals surface area contributed by atoms with Crippen LogP contribution in [0.2, 0.25) is 0 Å². The summed E-state index contributed by atoms with van der Waals surface area (Å²) >= 11 is 0. The van der Waals surface area contributed by atoms with E-state index in [2.05, 4.69) is 0 Å². The van der Waals surface area contributed by atoms with Gasteiger partial charge in [0.05, 0.1) is 0 Å². The van der Waals surface area contributed by atoms with Crippen LogP contribution in [-0.4, -0.2) is 59.9 Å². The summed E-state index contributed by atoms with van der Waals surface area (Å²) in [7, 11) is 0. The number of carbonyl (C=O) groups excluding carboxylic acids is 1. The molecule has 1 aromatic rings. The van der Waals surface area contributed by atoms with Crippen molar-refractivity contribution in [2.75, 3.05) is 26.2 Å². The van der Waals surface area contributed by atoms with Crippen LogP contribution >= 0.6 is 0 Å². The Kier molecular flexibility index (Phi) is 5.55. The van der Waals surface area contributed by atoms with Crippen LogP contribution in [0.3, 0.4) is 0 Å². The number of hydrogen-bond donors (Lipinski definition) is 0. The van der Waals surface area contributed by atoms with E-state index in [1.54, 1.807) is 4.90 Å². The first kappa shape index (κ1) is 20.5. The van der Waals surface area contributed by atoms with Gasteiger partial charge in [-0.3, -0.25) is 9.69 Å². The van der Waals surface area contributed by atoms with Gasteiger partial charge in [-0.1, -0.05) is 29.8 Å². The second kappa shape index (κ2) is 7.05. The van der Waals surface area contributed by atoms with Crippen molar-refractivity contribution in [2.45, 2.75) is 31.5 Å². The van der Waals surface area contributed by atoms with Crippen molar-refractivity contribution in [3.8, 4) is 0 Å². The van der Waals surface area contributed by atoms with E-state index in [1.165, 1.54) is 0 Å². The van der Waals surface area contributed by atoms with Crippen LogP contribution in [0.1, 0.15) is 11.1 Å². The van der Waals surface area contributed by atoms with Crippen molar-refractivity contribution in [2.24, 2.45) is 0 Å². The first-order chi connectivity index (χ1) is 11.9. The molecule has 0 aromatic heterocycles. The number of halogens is 7. The van der Waals surface area contributed by atoms with Crippen molar-refractivity contribution in [3.05, 3.63) is 35.4 Å². The minimum absolute atomic E-state index is 0.0906. The second-order valence-corrected chi connectivity index (χ2v) is 6.20. The highest BCUT2D eigenvalue weighted by atomic mass is 19.4. The van der Waals surface area contributed by atoms with Crippen LogP contribution in [0.15, 0.2) is 24.3 Å². The molecule has 1 aliphatic rings. The topological polar surface area (TPSA) is 23.6 Å². The summed E-state index contributed by atoms with van der Waals surface area (Å²) < 4.78 is 89.5. The van der Waals surface area contributed by atoms with Gasteiger partial charge >= 0.3 is 18.0 Å². The summed E-state index contributed by atoms with van der Waals surface area (Å²) in [6.45, 7) is 1.84. The van der Waals surface area contributed by atoms with Gasteiger partial charge in [0.25, 0.3) is 5.91 Å². The highest BCUT2D eigenvalue weighted by Crippen LogP contribution is 2.47. The number of carbonyl (C=O) groups is 1. The Labute approximate surface area is 145 Å². The number of benzene rings is 1. The molecule has 26 heavy (non-hydrogen) atoms. The Hall–Kier alpha value is -1.84. The van der Waals surface area contributed by atoms with E-state index in [0.29, 0.717) is 11.4 Å². The minimum Gasteiger partial charge on any atom is -0.335 e. The van der Waals surface area contributed by atoms with Crippen molar-refractivity contribution < 1.29 is 35.5 Å². The third-order valence-electron chi connectivity index (χ3n) is 4.21. The maximum Gasteiger partial charge on any atom is 0.460 e. The van der Waals surface area contributed by atoms with Crippen molar-refractivity contribution >= 4 is 5.91 Å². The monoisotopic (exact) mass is 386 g/mol. The summed E-state index contributed by atoms with van der Waals surface area (Å²) in [5, 5.41) is 0. The van der Waals surface area contributed by atoms with E-state index >= 15 is 0 Å². The van der Waals surface area contributed by atoms with Gasteiger partial charge in [0.2, 0.25) is 0 Å². The lowest BCUT2D eigenvalue weighted by molar-refractivity contribution is -0.346. The lowest BCUT2D eigenvalue weighted by atomic mass is 10.1. The predicted molar refractivity (Wildman–Crippen MR) is 79.0 cm³/mol. The van der Waals surface area contributed by atoms with Crippen molar-refractivity contribution in [1.29, 1.82) is 0 Å². The molecule has 3 nitrogen and oxygen atoms in total. The Morgan fingerprint density at radius 3 is 1.88 bits per heavy atom. The Bertz CT molecular complexity index is 635. The molecule has 1 saturated heterocycles. The van der Waals surface area contributed by atoms with E-state index in [4.69, 9.17) is 0 Å². The smallest absolute Gasteiger partial charge is 0.335 e. The molecule has 0 N–H and O–H groups in total. The lowest BCUT2D eigenvalue weighted by Crippen LogP contribution is -2.62. The molecule has 1 heterocycles. The molecule has 0 unspecified atom stereocenters. The number of aryl methyl sites for hydroxylation is 1. The van der Waals surface area contributed by atoms with Crippen LogP contribution < -0.4 is 0 Å². The number of alkyl halides is 7. The van der Waals surface area contributed by atoms with Crippen molar-refractivity contribution in [3.63, 3.8) is 0 Å². The SMILES string of the molecule is Cc1ccc(CN2CCN(C(=O)C(F)(F)C(F)(F)C(F)(F)F)CC2)cc1. The zero-order chi connectivity index (χ0) is 19.8. The maximum atomic E-state index is 13.5. The van der Waals surface area contributed by atoms with Gasteiger partial charge in [-0.25, -0.2) is 0 Å². The summed E-state index contributed by atoms with van der Waals surface area (Å²) in [6.07, 6.45) is -6.51. The van der Waals surface area contributed by atoms with E-state index in [9.17, 15) is 35.5 Å². The molecular formula is C16H17F7N2O. The maximum absolute atomic E-state index is 13.5. The fourth-order valence-corrected chi connectivity index (χ4v) is 2.57. The molecule has 0 bridgehead atoms. The number of rotatable bonds is 4. The average Bonchev–Trinajstić information content (AvgIpc) is 2.56. The molecule has 0 radical (unpaired) electrons. The van der Waals surface area contributed by atoms with Crippen LogP contribution in [0.4, 0.5) is 30.7 Å². The minimum atomic E-state index is -6.51. The Morgan fingerprint density at radius 2 is 1.42 bits per heavy atom. The van der Waals surface area contributed by atoms with Gasteiger partial charge in [-0.05, 0) is 12.5 Å². The van der Waals surface area contributed by atoms with Crippen LogP contribution in [-0.2, 0) is 11.3 Å². The zero-order valence-corrected chi connectivity index (χ0v) is 13.8. The number of nitrogens with zero attached hydrogens (tertiary/aromatic N) is 2. The van der Waals surface area contributed by atoms with Gasteiger partial charge in [-0.15, -0.1) is 0 Å². The molecule has 1 fully saturated rings. The Morgan fingerprint density at radius 1 is 0.923 bits per heavy atom. The third kappa shape index (κ3) is 3.94. The summed E-state index contributed by atoms with van der Waals surface area (Å²) in [5.74, 6) is -14.8. The van der Waals surface area contributed by atoms with E-state index in [0.717, 1.165) is 11.1 Å². The quantitative estimate of drug-likeness (QED) is 0.740. The molecule has 146 valence electrons. The molecule has 1 amide bonds. The Balaban J connectivity index is 1.98. The zero-order valence-electron chi connectivity index (χ0n) is 13.8. The molecule has 0 aliphatic carbocycles. The van der Waals surface area contributed by atoms with Crippen molar-refractivity contribution in [1.82, 2.24) is 9.80 Å². The molecule has 0 saturated carbocycles. The van der Waals surface area contributed by atoms with E-state index < -0.39 is 23.9 Å². The van der Waals surface area contributed by atoms with Gasteiger partial charge in [0.1, 0.15) is 0 Å². The number of amides is 1. The van der Waals surface area contributed by atoms with Gasteiger partial charge in [0.15, 0.2) is 0 Å². The summed E-state index contributed by atoms with van der Waals surface area (Å²) in [6, 6.07) is 7.50. The predicted octanol–water partition coefficient (Wildman–Crippen LogP) is 3.47. The van der Waals surface area contributed by atoms with Crippen LogP contribution in [0.5, 0.6) is 0 Å². The first-order valence-corrected chi connectivity index (χ1v) is 7.76. The molecule has 1 aliphatic heterocycles. The molecule has 0 atom stereocenters.